The Hall–Kier alpha value is -0.940. The first-order valence-corrected chi connectivity index (χ1v) is 5.87. The molecule has 0 atom stereocenters. The normalized spacial score (nSPS) is 15.3. The molecule has 1 heterocycles. The number of rotatable bonds is 5. The van der Waals surface area contributed by atoms with Crippen LogP contribution in [0.3, 0.4) is 0 Å². The fourth-order valence-electron chi connectivity index (χ4n) is 1.29. The molecule has 0 aromatic carbocycles. The highest BCUT2D eigenvalue weighted by atomic mass is 32.1. The number of ether oxygens (including phenoxy) is 1. The van der Waals surface area contributed by atoms with E-state index in [1.54, 1.807) is 11.3 Å². The second-order valence-electron chi connectivity index (χ2n) is 3.66. The molecular formula is C10H14N2O2S. The molecule has 5 heteroatoms. The molecule has 82 valence electrons. The Morgan fingerprint density at radius 3 is 3.20 bits per heavy atom. The minimum absolute atomic E-state index is 0.0986. The lowest BCUT2D eigenvalue weighted by Gasteiger charge is -2.01. The molecule has 0 spiro atoms. The first-order valence-electron chi connectivity index (χ1n) is 4.99. The van der Waals surface area contributed by atoms with Gasteiger partial charge in [-0.1, -0.05) is 0 Å². The number of hydrogen-bond donors (Lipinski definition) is 1. The smallest absolute Gasteiger partial charge is 0.246 e. The standard InChI is InChI=1S/C10H14N2O2S/c1-14-5-9(13)11-4-8-6-15-10(12-8)7-2-3-7/h6-7H,2-5H2,1H3,(H,11,13). The first kappa shape index (κ1) is 10.6. The summed E-state index contributed by atoms with van der Waals surface area (Å²) in [6.07, 6.45) is 2.53. The number of hydrogen-bond acceptors (Lipinski definition) is 4. The Balaban J connectivity index is 1.80. The molecule has 1 aromatic rings. The molecule has 4 nitrogen and oxygen atoms in total. The van der Waals surface area contributed by atoms with E-state index in [1.165, 1.54) is 25.0 Å². The van der Waals surface area contributed by atoms with Gasteiger partial charge in [-0.25, -0.2) is 4.98 Å². The van der Waals surface area contributed by atoms with Crippen molar-refractivity contribution in [3.05, 3.63) is 16.1 Å². The molecule has 1 saturated carbocycles. The van der Waals surface area contributed by atoms with Crippen molar-refractivity contribution in [3.63, 3.8) is 0 Å². The van der Waals surface area contributed by atoms with E-state index in [0.29, 0.717) is 12.5 Å². The Morgan fingerprint density at radius 2 is 2.53 bits per heavy atom. The van der Waals surface area contributed by atoms with Crippen LogP contribution in [0.5, 0.6) is 0 Å². The molecule has 0 radical (unpaired) electrons. The Morgan fingerprint density at radius 1 is 1.73 bits per heavy atom. The Labute approximate surface area is 92.7 Å². The van der Waals surface area contributed by atoms with Gasteiger partial charge in [0.05, 0.1) is 17.2 Å². The fourth-order valence-corrected chi connectivity index (χ4v) is 2.28. The molecule has 1 amide bonds. The highest BCUT2D eigenvalue weighted by Gasteiger charge is 2.26. The minimum atomic E-state index is -0.0986. The van der Waals surface area contributed by atoms with Crippen LogP contribution >= 0.6 is 11.3 Å². The van der Waals surface area contributed by atoms with Gasteiger partial charge < -0.3 is 10.1 Å². The van der Waals surface area contributed by atoms with Crippen LogP contribution in [0.4, 0.5) is 0 Å². The van der Waals surface area contributed by atoms with Crippen molar-refractivity contribution >= 4 is 17.2 Å². The zero-order valence-corrected chi connectivity index (χ0v) is 9.47. The topological polar surface area (TPSA) is 51.2 Å². The van der Waals surface area contributed by atoms with Gasteiger partial charge in [-0.05, 0) is 12.8 Å². The van der Waals surface area contributed by atoms with Crippen molar-refractivity contribution in [1.82, 2.24) is 10.3 Å². The van der Waals surface area contributed by atoms with Gasteiger partial charge >= 0.3 is 0 Å². The molecule has 1 aliphatic rings. The first-order chi connectivity index (χ1) is 7.29. The molecule has 1 fully saturated rings. The average molecular weight is 226 g/mol. The molecular weight excluding hydrogens is 212 g/mol. The number of nitrogens with one attached hydrogen (secondary N) is 1. The van der Waals surface area contributed by atoms with Crippen molar-refractivity contribution < 1.29 is 9.53 Å². The maximum atomic E-state index is 11.1. The number of thiazole rings is 1. The van der Waals surface area contributed by atoms with E-state index in [0.717, 1.165) is 5.69 Å². The summed E-state index contributed by atoms with van der Waals surface area (Å²) in [5.74, 6) is 0.594. The molecule has 2 rings (SSSR count). The van der Waals surface area contributed by atoms with E-state index in [4.69, 9.17) is 4.74 Å². The van der Waals surface area contributed by atoms with Crippen molar-refractivity contribution in [2.45, 2.75) is 25.3 Å². The van der Waals surface area contributed by atoms with E-state index in [2.05, 4.69) is 10.3 Å². The van der Waals surface area contributed by atoms with E-state index in [1.807, 2.05) is 5.38 Å². The summed E-state index contributed by atoms with van der Waals surface area (Å²) in [4.78, 5) is 15.6. The number of carbonyl (C=O) groups is 1. The lowest BCUT2D eigenvalue weighted by atomic mass is 10.4. The van der Waals surface area contributed by atoms with Gasteiger partial charge in [0.2, 0.25) is 5.91 Å². The molecule has 0 unspecified atom stereocenters. The minimum Gasteiger partial charge on any atom is -0.375 e. The SMILES string of the molecule is COCC(=O)NCc1csc(C2CC2)n1. The second kappa shape index (κ2) is 4.72. The van der Waals surface area contributed by atoms with Gasteiger partial charge in [-0.2, -0.15) is 0 Å². The monoisotopic (exact) mass is 226 g/mol. The van der Waals surface area contributed by atoms with Gasteiger partial charge in [0.15, 0.2) is 0 Å². The third-order valence-corrected chi connectivity index (χ3v) is 3.29. The highest BCUT2D eigenvalue weighted by Crippen LogP contribution is 2.41. The highest BCUT2D eigenvalue weighted by molar-refractivity contribution is 7.09. The van der Waals surface area contributed by atoms with Crippen LogP contribution in [0.2, 0.25) is 0 Å². The number of aromatic nitrogens is 1. The quantitative estimate of drug-likeness (QED) is 0.823. The second-order valence-corrected chi connectivity index (χ2v) is 4.55. The van der Waals surface area contributed by atoms with Gasteiger partial charge in [-0.3, -0.25) is 4.79 Å². The zero-order valence-electron chi connectivity index (χ0n) is 8.66. The molecule has 0 saturated heterocycles. The number of methoxy groups -OCH3 is 1. The van der Waals surface area contributed by atoms with Crippen LogP contribution in [0, 0.1) is 0 Å². The third kappa shape index (κ3) is 3.00. The van der Waals surface area contributed by atoms with E-state index in [9.17, 15) is 4.79 Å². The summed E-state index contributed by atoms with van der Waals surface area (Å²) < 4.78 is 4.72. The lowest BCUT2D eigenvalue weighted by molar-refractivity contribution is -0.124. The van der Waals surface area contributed by atoms with E-state index < -0.39 is 0 Å². The molecule has 1 aliphatic carbocycles. The summed E-state index contributed by atoms with van der Waals surface area (Å²) in [5, 5.41) is 5.98. The molecule has 15 heavy (non-hydrogen) atoms. The third-order valence-electron chi connectivity index (χ3n) is 2.24. The summed E-state index contributed by atoms with van der Waals surface area (Å²) >= 11 is 1.69. The predicted molar refractivity (Wildman–Crippen MR) is 57.8 cm³/mol. The molecule has 0 bridgehead atoms. The Bertz CT molecular complexity index is 347. The van der Waals surface area contributed by atoms with Crippen LogP contribution in [-0.4, -0.2) is 24.6 Å². The number of amides is 1. The van der Waals surface area contributed by atoms with Crippen LogP contribution < -0.4 is 5.32 Å². The van der Waals surface area contributed by atoms with E-state index >= 15 is 0 Å². The van der Waals surface area contributed by atoms with Crippen LogP contribution in [-0.2, 0) is 16.1 Å². The predicted octanol–water partition coefficient (Wildman–Crippen LogP) is 1.28. The number of carbonyl (C=O) groups excluding carboxylic acids is 1. The lowest BCUT2D eigenvalue weighted by Crippen LogP contribution is -2.26. The van der Waals surface area contributed by atoms with Crippen LogP contribution in [0.15, 0.2) is 5.38 Å². The van der Waals surface area contributed by atoms with Gasteiger partial charge in [-0.15, -0.1) is 11.3 Å². The Kier molecular flexibility index (Phi) is 3.33. The van der Waals surface area contributed by atoms with Gasteiger partial charge in [0, 0.05) is 18.4 Å². The molecule has 1 N–H and O–H groups in total. The maximum Gasteiger partial charge on any atom is 0.246 e. The zero-order chi connectivity index (χ0) is 10.7. The number of nitrogens with zero attached hydrogens (tertiary/aromatic N) is 1. The van der Waals surface area contributed by atoms with Gasteiger partial charge in [0.1, 0.15) is 6.61 Å². The van der Waals surface area contributed by atoms with Crippen molar-refractivity contribution in [3.8, 4) is 0 Å². The average Bonchev–Trinajstić information content (AvgIpc) is 2.96. The van der Waals surface area contributed by atoms with Gasteiger partial charge in [0.25, 0.3) is 0 Å². The van der Waals surface area contributed by atoms with Crippen LogP contribution in [0.25, 0.3) is 0 Å². The van der Waals surface area contributed by atoms with Crippen LogP contribution in [0.1, 0.15) is 29.5 Å². The summed E-state index contributed by atoms with van der Waals surface area (Å²) in [6, 6.07) is 0. The summed E-state index contributed by atoms with van der Waals surface area (Å²) in [5.41, 5.74) is 0.950. The van der Waals surface area contributed by atoms with Crippen molar-refractivity contribution in [2.24, 2.45) is 0 Å². The summed E-state index contributed by atoms with van der Waals surface area (Å²) in [7, 11) is 1.51. The fraction of sp³-hybridized carbons (Fsp3) is 0.600. The summed E-state index contributed by atoms with van der Waals surface area (Å²) in [6.45, 7) is 0.616. The maximum absolute atomic E-state index is 11.1. The van der Waals surface area contributed by atoms with Crippen molar-refractivity contribution in [1.29, 1.82) is 0 Å². The molecule has 0 aliphatic heterocycles. The van der Waals surface area contributed by atoms with E-state index in [-0.39, 0.29) is 12.5 Å². The van der Waals surface area contributed by atoms with Crippen molar-refractivity contribution in [2.75, 3.05) is 13.7 Å². The largest absolute Gasteiger partial charge is 0.375 e. The molecule has 1 aromatic heterocycles.